The Bertz CT molecular complexity index is 1390. The molecule has 3 heterocycles. The van der Waals surface area contributed by atoms with E-state index >= 15 is 4.39 Å². The van der Waals surface area contributed by atoms with Crippen molar-refractivity contribution in [3.8, 4) is 11.1 Å². The molecule has 2 aromatic carbocycles. The van der Waals surface area contributed by atoms with Gasteiger partial charge in [0.1, 0.15) is 5.82 Å². The number of morpholine rings is 2. The van der Waals surface area contributed by atoms with E-state index in [1.807, 2.05) is 50.2 Å². The summed E-state index contributed by atoms with van der Waals surface area (Å²) in [6.45, 7) is 13.3. The van der Waals surface area contributed by atoms with Gasteiger partial charge in [0.2, 0.25) is 5.96 Å². The van der Waals surface area contributed by atoms with E-state index in [1.165, 1.54) is 0 Å². The molecule has 0 saturated carbocycles. The number of guanidine groups is 2. The van der Waals surface area contributed by atoms with Gasteiger partial charge in [-0.15, -0.1) is 0 Å². The Balaban J connectivity index is 1.26. The minimum absolute atomic E-state index is 0.130. The first kappa shape index (κ1) is 31.6. The van der Waals surface area contributed by atoms with Crippen LogP contribution in [0.2, 0.25) is 0 Å². The standard InChI is InChI=1S/C32H43FN8O3/c1-32(2,25-8-9-26(27(33)22-25)24-6-4-3-5-7-24)28-23-29(44-39-28)37-31(36-11-13-41-16-20-43-21-17-41)38-30(34)35-10-12-40-14-18-42-19-15-40/h3-9,22-23H,10-21H2,1-2H3,(H4,34,35,36,37,38). The number of ether oxygens (including phenoxy) is 2. The molecule has 0 amide bonds. The lowest BCUT2D eigenvalue weighted by molar-refractivity contribution is 0.0389. The first-order valence-corrected chi connectivity index (χ1v) is 15.2. The Labute approximate surface area is 258 Å². The van der Waals surface area contributed by atoms with Crippen LogP contribution in [0.25, 0.3) is 11.1 Å². The largest absolute Gasteiger partial charge is 0.379 e. The smallest absolute Gasteiger partial charge is 0.253 e. The Morgan fingerprint density at radius 3 is 2.18 bits per heavy atom. The molecule has 236 valence electrons. The van der Waals surface area contributed by atoms with E-state index < -0.39 is 5.41 Å². The summed E-state index contributed by atoms with van der Waals surface area (Å²) >= 11 is 0. The highest BCUT2D eigenvalue weighted by molar-refractivity contribution is 5.98. The highest BCUT2D eigenvalue weighted by Crippen LogP contribution is 2.35. The molecule has 1 aromatic heterocycles. The van der Waals surface area contributed by atoms with Crippen molar-refractivity contribution in [3.63, 3.8) is 0 Å². The van der Waals surface area contributed by atoms with Crippen molar-refractivity contribution >= 4 is 17.8 Å². The normalized spacial score (nSPS) is 16.9. The van der Waals surface area contributed by atoms with Crippen LogP contribution in [0.3, 0.4) is 0 Å². The molecule has 3 aromatic rings. The van der Waals surface area contributed by atoms with Crippen molar-refractivity contribution in [1.29, 1.82) is 5.41 Å². The molecular formula is C32H43FN8O3. The summed E-state index contributed by atoms with van der Waals surface area (Å²) in [5.41, 5.74) is 2.13. The maximum absolute atomic E-state index is 15.2. The molecule has 2 saturated heterocycles. The molecule has 0 unspecified atom stereocenters. The number of nitrogens with one attached hydrogen (secondary N) is 4. The number of aliphatic imine (C=N–C) groups is 1. The zero-order valence-electron chi connectivity index (χ0n) is 25.6. The van der Waals surface area contributed by atoms with E-state index in [0.717, 1.165) is 76.8 Å². The van der Waals surface area contributed by atoms with Gasteiger partial charge in [-0.1, -0.05) is 61.5 Å². The Hall–Kier alpha value is -3.84. The third-order valence-corrected chi connectivity index (χ3v) is 8.04. The second-order valence-electron chi connectivity index (χ2n) is 11.5. The monoisotopic (exact) mass is 606 g/mol. The van der Waals surface area contributed by atoms with E-state index in [4.69, 9.17) is 19.4 Å². The molecule has 0 aliphatic carbocycles. The van der Waals surface area contributed by atoms with Gasteiger partial charge < -0.3 is 24.6 Å². The lowest BCUT2D eigenvalue weighted by Gasteiger charge is -2.27. The summed E-state index contributed by atoms with van der Waals surface area (Å²) in [6, 6.07) is 16.5. The van der Waals surface area contributed by atoms with Crippen LogP contribution in [0.5, 0.6) is 0 Å². The maximum atomic E-state index is 15.2. The predicted octanol–water partition coefficient (Wildman–Crippen LogP) is 3.16. The number of rotatable bonds is 10. The fourth-order valence-electron chi connectivity index (χ4n) is 5.22. The Kier molecular flexibility index (Phi) is 10.9. The summed E-state index contributed by atoms with van der Waals surface area (Å²) in [7, 11) is 0. The molecule has 0 atom stereocenters. The van der Waals surface area contributed by atoms with Crippen molar-refractivity contribution in [2.45, 2.75) is 19.3 Å². The van der Waals surface area contributed by atoms with Gasteiger partial charge in [0, 0.05) is 69.4 Å². The van der Waals surface area contributed by atoms with Crippen molar-refractivity contribution in [2.75, 3.05) is 78.8 Å². The van der Waals surface area contributed by atoms with Gasteiger partial charge in [0.05, 0.1) is 32.1 Å². The zero-order chi connectivity index (χ0) is 30.8. The van der Waals surface area contributed by atoms with Crippen molar-refractivity contribution < 1.29 is 18.4 Å². The average molecular weight is 607 g/mol. The molecular weight excluding hydrogens is 563 g/mol. The first-order valence-electron chi connectivity index (χ1n) is 15.2. The van der Waals surface area contributed by atoms with Gasteiger partial charge in [0.25, 0.3) is 5.88 Å². The predicted molar refractivity (Wildman–Crippen MR) is 169 cm³/mol. The van der Waals surface area contributed by atoms with Crippen molar-refractivity contribution in [2.24, 2.45) is 4.99 Å². The zero-order valence-corrected chi connectivity index (χ0v) is 25.6. The number of nitrogens with zero attached hydrogens (tertiary/aromatic N) is 4. The molecule has 2 aliphatic heterocycles. The molecule has 0 radical (unpaired) electrons. The SMILES string of the molecule is CC(C)(c1ccc(-c2ccccc2)c(F)c1)c1cc(/N=C(\NCCN2CCOCC2)NC(=N)NCCN2CCOCC2)on1. The number of halogens is 1. The van der Waals surface area contributed by atoms with Gasteiger partial charge in [-0.25, -0.2) is 4.39 Å². The maximum Gasteiger partial charge on any atom is 0.253 e. The van der Waals surface area contributed by atoms with Gasteiger partial charge >= 0.3 is 0 Å². The molecule has 4 N–H and O–H groups in total. The van der Waals surface area contributed by atoms with Crippen LogP contribution in [0.15, 0.2) is 64.1 Å². The molecule has 5 rings (SSSR count). The molecule has 44 heavy (non-hydrogen) atoms. The third kappa shape index (κ3) is 8.63. The van der Waals surface area contributed by atoms with Crippen LogP contribution in [0, 0.1) is 11.2 Å². The van der Waals surface area contributed by atoms with Crippen LogP contribution in [-0.2, 0) is 14.9 Å². The quantitative estimate of drug-likeness (QED) is 0.204. The summed E-state index contributed by atoms with van der Waals surface area (Å²) in [5.74, 6) is 0.488. The van der Waals surface area contributed by atoms with Crippen LogP contribution < -0.4 is 16.0 Å². The van der Waals surface area contributed by atoms with Crippen LogP contribution in [0.4, 0.5) is 10.3 Å². The molecule has 2 fully saturated rings. The van der Waals surface area contributed by atoms with Crippen LogP contribution in [0.1, 0.15) is 25.1 Å². The minimum atomic E-state index is -0.640. The molecule has 0 spiro atoms. The minimum Gasteiger partial charge on any atom is -0.379 e. The summed E-state index contributed by atoms with van der Waals surface area (Å²) < 4.78 is 31.7. The molecule has 2 aliphatic rings. The van der Waals surface area contributed by atoms with Crippen molar-refractivity contribution in [1.82, 2.24) is 30.9 Å². The Morgan fingerprint density at radius 1 is 0.909 bits per heavy atom. The number of aromatic nitrogens is 1. The lowest BCUT2D eigenvalue weighted by atomic mass is 9.81. The highest BCUT2D eigenvalue weighted by atomic mass is 19.1. The van der Waals surface area contributed by atoms with Gasteiger partial charge in [0.15, 0.2) is 5.96 Å². The Morgan fingerprint density at radius 2 is 1.55 bits per heavy atom. The first-order chi connectivity index (χ1) is 21.4. The van der Waals surface area contributed by atoms with Crippen LogP contribution >= 0.6 is 0 Å². The van der Waals surface area contributed by atoms with E-state index in [9.17, 15) is 0 Å². The van der Waals surface area contributed by atoms with Crippen molar-refractivity contribution in [3.05, 3.63) is 71.7 Å². The van der Waals surface area contributed by atoms with E-state index in [0.29, 0.717) is 30.3 Å². The topological polar surface area (TPSA) is 123 Å². The number of benzene rings is 2. The fraction of sp³-hybridized carbons (Fsp3) is 0.469. The summed E-state index contributed by atoms with van der Waals surface area (Å²) in [5, 5.41) is 22.2. The number of hydrogen-bond donors (Lipinski definition) is 4. The van der Waals surface area contributed by atoms with Gasteiger partial charge in [-0.3, -0.25) is 20.5 Å². The number of hydrogen-bond acceptors (Lipinski definition) is 8. The summed E-state index contributed by atoms with van der Waals surface area (Å²) in [6.07, 6.45) is 0. The lowest BCUT2D eigenvalue weighted by Crippen LogP contribution is -2.50. The van der Waals surface area contributed by atoms with Gasteiger partial charge in [-0.05, 0) is 17.2 Å². The van der Waals surface area contributed by atoms with E-state index in [-0.39, 0.29) is 17.7 Å². The van der Waals surface area contributed by atoms with E-state index in [2.05, 4.69) is 35.9 Å². The van der Waals surface area contributed by atoms with Crippen LogP contribution in [-0.4, -0.2) is 106 Å². The summed E-state index contributed by atoms with van der Waals surface area (Å²) in [4.78, 5) is 9.24. The third-order valence-electron chi connectivity index (χ3n) is 8.04. The fourth-order valence-corrected chi connectivity index (χ4v) is 5.22. The van der Waals surface area contributed by atoms with Gasteiger partial charge in [-0.2, -0.15) is 4.99 Å². The highest BCUT2D eigenvalue weighted by Gasteiger charge is 2.28. The molecule has 0 bridgehead atoms. The second-order valence-corrected chi connectivity index (χ2v) is 11.5. The van der Waals surface area contributed by atoms with E-state index in [1.54, 1.807) is 18.2 Å². The average Bonchev–Trinajstić information content (AvgIpc) is 3.52. The second kappa shape index (κ2) is 15.2. The molecule has 12 heteroatoms. The molecule has 11 nitrogen and oxygen atoms in total.